The van der Waals surface area contributed by atoms with Crippen molar-refractivity contribution in [3.8, 4) is 5.75 Å². The van der Waals surface area contributed by atoms with E-state index in [1.54, 1.807) is 6.20 Å². The van der Waals surface area contributed by atoms with Gasteiger partial charge >= 0.3 is 0 Å². The van der Waals surface area contributed by atoms with Crippen molar-refractivity contribution in [2.24, 2.45) is 0 Å². The van der Waals surface area contributed by atoms with Crippen molar-refractivity contribution in [3.63, 3.8) is 0 Å². The Bertz CT molecular complexity index is 309. The van der Waals surface area contributed by atoms with Crippen LogP contribution in [-0.2, 0) is 6.54 Å². The molecular weight excluding hydrogens is 212 g/mol. The number of nitrogens with one attached hydrogen (secondary N) is 1. The highest BCUT2D eigenvalue weighted by atomic mass is 16.5. The fourth-order valence-corrected chi connectivity index (χ4v) is 1.54. The Labute approximate surface area is 104 Å². The van der Waals surface area contributed by atoms with E-state index >= 15 is 0 Å². The summed E-state index contributed by atoms with van der Waals surface area (Å²) in [6, 6.07) is 3.97. The van der Waals surface area contributed by atoms with Crippen molar-refractivity contribution in [2.75, 3.05) is 13.7 Å². The van der Waals surface area contributed by atoms with Crippen LogP contribution in [-0.4, -0.2) is 18.6 Å². The molecule has 0 saturated carbocycles. The molecule has 17 heavy (non-hydrogen) atoms. The van der Waals surface area contributed by atoms with E-state index in [9.17, 15) is 0 Å². The highest BCUT2D eigenvalue weighted by molar-refractivity contribution is 5.19. The molecule has 0 aromatic carbocycles. The molecule has 0 amide bonds. The Balaban J connectivity index is 2.16. The van der Waals surface area contributed by atoms with Crippen LogP contribution < -0.4 is 10.1 Å². The molecule has 3 heteroatoms. The summed E-state index contributed by atoms with van der Waals surface area (Å²) < 4.78 is 5.61. The van der Waals surface area contributed by atoms with Crippen molar-refractivity contribution in [2.45, 2.75) is 32.2 Å². The van der Waals surface area contributed by atoms with Gasteiger partial charge in [-0.25, -0.2) is 0 Å². The van der Waals surface area contributed by atoms with E-state index in [2.05, 4.69) is 16.9 Å². The molecule has 0 radical (unpaired) electrons. The lowest BCUT2D eigenvalue weighted by Crippen LogP contribution is -2.06. The van der Waals surface area contributed by atoms with E-state index in [-0.39, 0.29) is 0 Å². The maximum Gasteiger partial charge on any atom is 0.137 e. The molecule has 0 spiro atoms. The highest BCUT2D eigenvalue weighted by Gasteiger charge is 1.96. The third kappa shape index (κ3) is 6.07. The molecular formula is C14H22N2O. The van der Waals surface area contributed by atoms with Gasteiger partial charge in [0.05, 0.1) is 18.5 Å². The van der Waals surface area contributed by atoms with Gasteiger partial charge in [-0.3, -0.25) is 4.98 Å². The number of ether oxygens (including phenoxy) is 1. The lowest BCUT2D eigenvalue weighted by molar-refractivity contribution is 0.304. The van der Waals surface area contributed by atoms with Gasteiger partial charge in [0.2, 0.25) is 0 Å². The summed E-state index contributed by atoms with van der Waals surface area (Å²) in [6.45, 7) is 5.27. The summed E-state index contributed by atoms with van der Waals surface area (Å²) >= 11 is 0. The SMILES string of the molecule is C=CCCCCCOc1ccc(CNC)nc1. The minimum atomic E-state index is 0.768. The minimum Gasteiger partial charge on any atom is -0.492 e. The molecule has 1 aromatic heterocycles. The zero-order valence-corrected chi connectivity index (χ0v) is 10.6. The molecule has 0 aliphatic carbocycles. The van der Waals surface area contributed by atoms with Gasteiger partial charge in [-0.05, 0) is 44.9 Å². The zero-order valence-electron chi connectivity index (χ0n) is 10.6. The molecule has 1 heterocycles. The normalized spacial score (nSPS) is 10.2. The molecule has 0 unspecified atom stereocenters. The molecule has 1 N–H and O–H groups in total. The molecule has 1 aromatic rings. The number of unbranched alkanes of at least 4 members (excludes halogenated alkanes) is 3. The summed E-state index contributed by atoms with van der Waals surface area (Å²) in [7, 11) is 1.91. The second-order valence-electron chi connectivity index (χ2n) is 4.00. The van der Waals surface area contributed by atoms with Gasteiger partial charge in [0, 0.05) is 6.54 Å². The van der Waals surface area contributed by atoms with Gasteiger partial charge in [0.15, 0.2) is 0 Å². The smallest absolute Gasteiger partial charge is 0.137 e. The van der Waals surface area contributed by atoms with E-state index in [4.69, 9.17) is 4.74 Å². The summed E-state index contributed by atoms with van der Waals surface area (Å²) in [5.41, 5.74) is 1.03. The van der Waals surface area contributed by atoms with Gasteiger partial charge in [-0.2, -0.15) is 0 Å². The number of aromatic nitrogens is 1. The number of hydrogen-bond acceptors (Lipinski definition) is 3. The third-order valence-corrected chi connectivity index (χ3v) is 2.48. The Kier molecular flexibility index (Phi) is 7.07. The van der Waals surface area contributed by atoms with Crippen LogP contribution in [0.25, 0.3) is 0 Å². The average molecular weight is 234 g/mol. The average Bonchev–Trinajstić information content (AvgIpc) is 2.36. The zero-order chi connectivity index (χ0) is 12.3. The number of hydrogen-bond donors (Lipinski definition) is 1. The fraction of sp³-hybridized carbons (Fsp3) is 0.500. The Morgan fingerprint density at radius 3 is 2.88 bits per heavy atom. The lowest BCUT2D eigenvalue weighted by Gasteiger charge is -2.06. The van der Waals surface area contributed by atoms with Crippen molar-refractivity contribution >= 4 is 0 Å². The lowest BCUT2D eigenvalue weighted by atomic mass is 10.2. The summed E-state index contributed by atoms with van der Waals surface area (Å²) in [5, 5.41) is 3.06. The van der Waals surface area contributed by atoms with Crippen LogP contribution in [0.5, 0.6) is 5.75 Å². The second kappa shape index (κ2) is 8.76. The first kappa shape index (κ1) is 13.7. The van der Waals surface area contributed by atoms with Gasteiger partial charge in [0.1, 0.15) is 5.75 Å². The van der Waals surface area contributed by atoms with E-state index in [0.717, 1.165) is 37.4 Å². The van der Waals surface area contributed by atoms with Gasteiger partial charge < -0.3 is 10.1 Å². The molecule has 0 aliphatic heterocycles. The molecule has 94 valence electrons. The number of pyridine rings is 1. The van der Waals surface area contributed by atoms with E-state index in [1.165, 1.54) is 12.8 Å². The molecule has 0 fully saturated rings. The molecule has 0 atom stereocenters. The summed E-state index contributed by atoms with van der Waals surface area (Å²) in [4.78, 5) is 4.30. The van der Waals surface area contributed by atoms with Crippen molar-refractivity contribution in [1.29, 1.82) is 0 Å². The van der Waals surface area contributed by atoms with E-state index in [0.29, 0.717) is 0 Å². The molecule has 0 saturated heterocycles. The topological polar surface area (TPSA) is 34.1 Å². The van der Waals surface area contributed by atoms with Crippen LogP contribution in [0.3, 0.4) is 0 Å². The third-order valence-electron chi connectivity index (χ3n) is 2.48. The Hall–Kier alpha value is -1.35. The van der Waals surface area contributed by atoms with Crippen molar-refractivity contribution in [1.82, 2.24) is 10.3 Å². The molecule has 1 rings (SSSR count). The van der Waals surface area contributed by atoms with Crippen LogP contribution >= 0.6 is 0 Å². The maximum atomic E-state index is 5.61. The summed E-state index contributed by atoms with van der Waals surface area (Å²) in [6.07, 6.45) is 8.33. The first-order chi connectivity index (χ1) is 8.36. The van der Waals surface area contributed by atoms with E-state index < -0.39 is 0 Å². The predicted octanol–water partition coefficient (Wildman–Crippen LogP) is 2.93. The predicted molar refractivity (Wildman–Crippen MR) is 71.2 cm³/mol. The number of allylic oxidation sites excluding steroid dienone is 1. The standard InChI is InChI=1S/C14H22N2O/c1-3-4-5-6-7-10-17-14-9-8-13(11-15-2)16-12-14/h3,8-9,12,15H,1,4-7,10-11H2,2H3. The Morgan fingerprint density at radius 1 is 1.35 bits per heavy atom. The molecule has 3 nitrogen and oxygen atoms in total. The second-order valence-corrected chi connectivity index (χ2v) is 4.00. The minimum absolute atomic E-state index is 0.768. The highest BCUT2D eigenvalue weighted by Crippen LogP contribution is 2.10. The van der Waals surface area contributed by atoms with Gasteiger partial charge in [0.25, 0.3) is 0 Å². The van der Waals surface area contributed by atoms with Crippen molar-refractivity contribution in [3.05, 3.63) is 36.7 Å². The first-order valence-electron chi connectivity index (χ1n) is 6.20. The van der Waals surface area contributed by atoms with Gasteiger partial charge in [-0.15, -0.1) is 6.58 Å². The van der Waals surface area contributed by atoms with Crippen LogP contribution in [0, 0.1) is 0 Å². The van der Waals surface area contributed by atoms with Crippen LogP contribution in [0.15, 0.2) is 31.0 Å². The number of rotatable bonds is 9. The molecule has 0 bridgehead atoms. The Morgan fingerprint density at radius 2 is 2.24 bits per heavy atom. The van der Waals surface area contributed by atoms with Crippen LogP contribution in [0.2, 0.25) is 0 Å². The van der Waals surface area contributed by atoms with E-state index in [1.807, 2.05) is 25.3 Å². The monoisotopic (exact) mass is 234 g/mol. The number of nitrogens with zero attached hydrogens (tertiary/aromatic N) is 1. The molecule has 0 aliphatic rings. The van der Waals surface area contributed by atoms with Crippen LogP contribution in [0.4, 0.5) is 0 Å². The fourth-order valence-electron chi connectivity index (χ4n) is 1.54. The van der Waals surface area contributed by atoms with Crippen LogP contribution in [0.1, 0.15) is 31.4 Å². The van der Waals surface area contributed by atoms with Gasteiger partial charge in [-0.1, -0.05) is 6.08 Å². The largest absolute Gasteiger partial charge is 0.492 e. The summed E-state index contributed by atoms with van der Waals surface area (Å²) in [5.74, 6) is 0.855. The van der Waals surface area contributed by atoms with Crippen molar-refractivity contribution < 1.29 is 4.74 Å². The quantitative estimate of drug-likeness (QED) is 0.527. The first-order valence-corrected chi connectivity index (χ1v) is 6.20. The maximum absolute atomic E-state index is 5.61.